The highest BCUT2D eigenvalue weighted by atomic mass is 16.5. The fourth-order valence-electron chi connectivity index (χ4n) is 4.09. The summed E-state index contributed by atoms with van der Waals surface area (Å²) in [4.78, 5) is 28.3. The molecule has 31 heavy (non-hydrogen) atoms. The molecule has 7 nitrogen and oxygen atoms in total. The smallest absolute Gasteiger partial charge is 0.265 e. The molecular formula is C24H23N5O2. The van der Waals surface area contributed by atoms with Gasteiger partial charge in [0, 0.05) is 11.7 Å². The number of nitrogens with zero attached hydrogens (tertiary/aromatic N) is 5. The van der Waals surface area contributed by atoms with Crippen molar-refractivity contribution in [2.75, 3.05) is 7.11 Å². The number of ether oxygens (including phenoxy) is 1. The summed E-state index contributed by atoms with van der Waals surface area (Å²) >= 11 is 0. The van der Waals surface area contributed by atoms with E-state index in [1.807, 2.05) is 66.9 Å². The van der Waals surface area contributed by atoms with Crippen molar-refractivity contribution in [3.63, 3.8) is 0 Å². The van der Waals surface area contributed by atoms with E-state index in [4.69, 9.17) is 19.7 Å². The van der Waals surface area contributed by atoms with Crippen molar-refractivity contribution in [2.45, 2.75) is 33.2 Å². The lowest BCUT2D eigenvalue weighted by Crippen LogP contribution is -2.26. The molecule has 156 valence electrons. The lowest BCUT2D eigenvalue weighted by atomic mass is 10.2. The first-order valence-electron chi connectivity index (χ1n) is 10.4. The number of fused-ring (bicyclic) bond motifs is 4. The molecule has 0 aliphatic carbocycles. The standard InChI is InChI=1S/C24H23N5O2/c1-5-14(2)28-15(3)25-22-20(24(28)30)21-23(27-19-9-7-6-8-18(19)26-21)29(22)16-10-12-17(31-4)13-11-16/h6-14H,5H2,1-4H3/t14-/m0/s1. The summed E-state index contributed by atoms with van der Waals surface area (Å²) in [5, 5.41) is 0.495. The molecular weight excluding hydrogens is 390 g/mol. The molecule has 0 bridgehead atoms. The van der Waals surface area contributed by atoms with Gasteiger partial charge in [0.1, 0.15) is 22.5 Å². The van der Waals surface area contributed by atoms with Gasteiger partial charge in [-0.1, -0.05) is 19.1 Å². The van der Waals surface area contributed by atoms with Crippen molar-refractivity contribution in [3.05, 3.63) is 64.7 Å². The molecule has 0 saturated heterocycles. The van der Waals surface area contributed by atoms with Gasteiger partial charge in [-0.15, -0.1) is 0 Å². The van der Waals surface area contributed by atoms with Gasteiger partial charge in [-0.25, -0.2) is 15.0 Å². The van der Waals surface area contributed by atoms with E-state index in [1.165, 1.54) is 0 Å². The Morgan fingerprint density at radius 3 is 2.29 bits per heavy atom. The van der Waals surface area contributed by atoms with Gasteiger partial charge in [-0.2, -0.15) is 0 Å². The number of rotatable bonds is 4. The molecule has 5 rings (SSSR count). The number of aromatic nitrogens is 5. The highest BCUT2D eigenvalue weighted by Crippen LogP contribution is 2.30. The van der Waals surface area contributed by atoms with E-state index in [1.54, 1.807) is 11.7 Å². The Labute approximate surface area is 179 Å². The second-order valence-corrected chi connectivity index (χ2v) is 7.71. The molecule has 0 saturated carbocycles. The van der Waals surface area contributed by atoms with Gasteiger partial charge >= 0.3 is 0 Å². The molecule has 0 radical (unpaired) electrons. The van der Waals surface area contributed by atoms with Gasteiger partial charge in [0.2, 0.25) is 0 Å². The second-order valence-electron chi connectivity index (χ2n) is 7.71. The minimum Gasteiger partial charge on any atom is -0.497 e. The van der Waals surface area contributed by atoms with Crippen LogP contribution in [0.2, 0.25) is 0 Å². The van der Waals surface area contributed by atoms with Gasteiger partial charge in [-0.05, 0) is 56.7 Å². The van der Waals surface area contributed by atoms with Crippen LogP contribution in [0, 0.1) is 6.92 Å². The number of para-hydroxylation sites is 2. The first-order chi connectivity index (χ1) is 15.0. The zero-order valence-corrected chi connectivity index (χ0v) is 18.0. The number of methoxy groups -OCH3 is 1. The van der Waals surface area contributed by atoms with Gasteiger partial charge in [-0.3, -0.25) is 13.9 Å². The van der Waals surface area contributed by atoms with E-state index >= 15 is 0 Å². The summed E-state index contributed by atoms with van der Waals surface area (Å²) < 4.78 is 8.98. The third-order valence-corrected chi connectivity index (χ3v) is 5.85. The Balaban J connectivity index is 1.97. The molecule has 3 aromatic heterocycles. The van der Waals surface area contributed by atoms with Crippen molar-refractivity contribution in [1.82, 2.24) is 24.1 Å². The summed E-state index contributed by atoms with van der Waals surface area (Å²) in [6.07, 6.45) is 0.833. The van der Waals surface area contributed by atoms with Gasteiger partial charge in [0.25, 0.3) is 5.56 Å². The minimum atomic E-state index is -0.0845. The first-order valence-corrected chi connectivity index (χ1v) is 10.4. The molecule has 0 spiro atoms. The highest BCUT2D eigenvalue weighted by molar-refractivity contribution is 6.05. The van der Waals surface area contributed by atoms with Crippen molar-refractivity contribution < 1.29 is 4.74 Å². The lowest BCUT2D eigenvalue weighted by molar-refractivity contribution is 0.415. The van der Waals surface area contributed by atoms with Crippen LogP contribution < -0.4 is 10.3 Å². The van der Waals surface area contributed by atoms with Crippen LogP contribution in [0.4, 0.5) is 0 Å². The zero-order valence-electron chi connectivity index (χ0n) is 18.0. The molecule has 0 aliphatic rings. The number of aryl methyl sites for hydroxylation is 1. The topological polar surface area (TPSA) is 74.8 Å². The van der Waals surface area contributed by atoms with Crippen molar-refractivity contribution in [2.24, 2.45) is 0 Å². The van der Waals surface area contributed by atoms with Crippen molar-refractivity contribution in [3.8, 4) is 11.4 Å². The van der Waals surface area contributed by atoms with Crippen LogP contribution in [0.1, 0.15) is 32.1 Å². The van der Waals surface area contributed by atoms with Crippen LogP contribution in [0.15, 0.2) is 53.3 Å². The highest BCUT2D eigenvalue weighted by Gasteiger charge is 2.23. The third-order valence-electron chi connectivity index (χ3n) is 5.85. The Morgan fingerprint density at radius 1 is 0.968 bits per heavy atom. The normalized spacial score (nSPS) is 12.6. The van der Waals surface area contributed by atoms with Crippen LogP contribution in [-0.2, 0) is 0 Å². The largest absolute Gasteiger partial charge is 0.497 e. The summed E-state index contributed by atoms with van der Waals surface area (Å²) in [7, 11) is 1.63. The van der Waals surface area contributed by atoms with Crippen LogP contribution in [0.25, 0.3) is 38.9 Å². The maximum atomic E-state index is 13.7. The van der Waals surface area contributed by atoms with Gasteiger partial charge in [0.15, 0.2) is 11.3 Å². The van der Waals surface area contributed by atoms with Crippen LogP contribution in [-0.4, -0.2) is 31.2 Å². The molecule has 2 aromatic carbocycles. The molecule has 1 atom stereocenters. The van der Waals surface area contributed by atoms with E-state index in [9.17, 15) is 4.79 Å². The predicted octanol–water partition coefficient (Wildman–Crippen LogP) is 4.57. The molecule has 0 amide bonds. The SMILES string of the molecule is CC[C@H](C)n1c(C)nc2c(c1=O)c1nc3ccccc3nc1n2-c1ccc(OC)cc1. The summed E-state index contributed by atoms with van der Waals surface area (Å²) in [6, 6.07) is 15.4. The molecule has 3 heterocycles. The van der Waals surface area contributed by atoms with Crippen LogP contribution >= 0.6 is 0 Å². The maximum absolute atomic E-state index is 13.7. The van der Waals surface area contributed by atoms with Crippen molar-refractivity contribution in [1.29, 1.82) is 0 Å². The minimum absolute atomic E-state index is 0.0391. The van der Waals surface area contributed by atoms with E-state index in [0.717, 1.165) is 28.9 Å². The van der Waals surface area contributed by atoms with Crippen molar-refractivity contribution >= 4 is 33.2 Å². The van der Waals surface area contributed by atoms with E-state index < -0.39 is 0 Å². The molecule has 0 fully saturated rings. The monoisotopic (exact) mass is 413 g/mol. The zero-order chi connectivity index (χ0) is 21.7. The lowest BCUT2D eigenvalue weighted by Gasteiger charge is -2.16. The Morgan fingerprint density at radius 2 is 1.65 bits per heavy atom. The summed E-state index contributed by atoms with van der Waals surface area (Å²) in [6.45, 7) is 5.97. The Bertz CT molecular complexity index is 1500. The first kappa shape index (κ1) is 19.2. The molecule has 5 aromatic rings. The number of hydrogen-bond acceptors (Lipinski definition) is 5. The molecule has 0 N–H and O–H groups in total. The second kappa shape index (κ2) is 7.19. The van der Waals surface area contributed by atoms with Gasteiger partial charge in [0.05, 0.1) is 18.1 Å². The van der Waals surface area contributed by atoms with Crippen LogP contribution in [0.5, 0.6) is 5.75 Å². The summed E-state index contributed by atoms with van der Waals surface area (Å²) in [5.74, 6) is 1.43. The van der Waals surface area contributed by atoms with E-state index in [2.05, 4.69) is 6.92 Å². The fourth-order valence-corrected chi connectivity index (χ4v) is 4.09. The number of benzene rings is 2. The van der Waals surface area contributed by atoms with Gasteiger partial charge < -0.3 is 4.74 Å². The van der Waals surface area contributed by atoms with E-state index in [-0.39, 0.29) is 11.6 Å². The molecule has 0 aliphatic heterocycles. The van der Waals surface area contributed by atoms with E-state index in [0.29, 0.717) is 28.0 Å². The molecule has 0 unspecified atom stereocenters. The fraction of sp³-hybridized carbons (Fsp3) is 0.250. The summed E-state index contributed by atoms with van der Waals surface area (Å²) in [5.41, 5.74) is 4.03. The average Bonchev–Trinajstić information content (AvgIpc) is 3.10. The third kappa shape index (κ3) is 2.88. The molecule has 7 heteroatoms. The number of hydrogen-bond donors (Lipinski definition) is 0. The predicted molar refractivity (Wildman–Crippen MR) is 122 cm³/mol. The quantitative estimate of drug-likeness (QED) is 0.431. The average molecular weight is 413 g/mol. The Hall–Kier alpha value is -3.74. The Kier molecular flexibility index (Phi) is 4.46. The maximum Gasteiger partial charge on any atom is 0.265 e. The van der Waals surface area contributed by atoms with Crippen LogP contribution in [0.3, 0.4) is 0 Å².